The van der Waals surface area contributed by atoms with Crippen LogP contribution in [0.25, 0.3) is 5.57 Å². The molecule has 1 aliphatic carbocycles. The van der Waals surface area contributed by atoms with Gasteiger partial charge in [-0.1, -0.05) is 23.7 Å². The zero-order chi connectivity index (χ0) is 14.5. The fourth-order valence-electron chi connectivity index (χ4n) is 2.43. The second-order valence-corrected chi connectivity index (χ2v) is 6.28. The number of aryl methyl sites for hydroxylation is 1. The molecule has 1 unspecified atom stereocenters. The topological polar surface area (TPSA) is 18.5 Å². The van der Waals surface area contributed by atoms with E-state index in [1.54, 1.807) is 7.11 Å². The summed E-state index contributed by atoms with van der Waals surface area (Å²) in [5.41, 5.74) is 3.77. The molecule has 0 aliphatic heterocycles. The minimum absolute atomic E-state index is 0.320. The van der Waals surface area contributed by atoms with Gasteiger partial charge in [0.15, 0.2) is 0 Å². The summed E-state index contributed by atoms with van der Waals surface area (Å²) in [4.78, 5) is 0. The number of hydrogen-bond acceptors (Lipinski definition) is 2. The molecule has 0 fully saturated rings. The van der Waals surface area contributed by atoms with Gasteiger partial charge in [0, 0.05) is 11.6 Å². The van der Waals surface area contributed by atoms with Crippen LogP contribution in [0.2, 0.25) is 5.02 Å². The third-order valence-electron chi connectivity index (χ3n) is 3.58. The van der Waals surface area contributed by atoms with E-state index in [2.05, 4.69) is 35.0 Å². The number of ether oxygens (including phenoxy) is 2. The van der Waals surface area contributed by atoms with Crippen LogP contribution < -0.4 is 0 Å². The number of rotatable bonds is 5. The Morgan fingerprint density at radius 3 is 2.75 bits per heavy atom. The molecule has 2 rings (SSSR count). The molecule has 1 atom stereocenters. The molecular weight excluding hydrogens is 340 g/mol. The summed E-state index contributed by atoms with van der Waals surface area (Å²) in [6.45, 7) is 3.40. The number of benzene rings is 1. The van der Waals surface area contributed by atoms with Gasteiger partial charge in [-0.05, 0) is 64.9 Å². The van der Waals surface area contributed by atoms with Crippen molar-refractivity contribution in [2.75, 3.05) is 20.3 Å². The maximum atomic E-state index is 6.24. The quantitative estimate of drug-likeness (QED) is 0.688. The summed E-state index contributed by atoms with van der Waals surface area (Å²) in [5.74, 6) is 0. The summed E-state index contributed by atoms with van der Waals surface area (Å²) in [6.07, 6.45) is 5.66. The van der Waals surface area contributed by atoms with Crippen LogP contribution in [0.1, 0.15) is 30.4 Å². The first-order valence-electron chi connectivity index (χ1n) is 6.87. The molecule has 0 heterocycles. The lowest BCUT2D eigenvalue weighted by Crippen LogP contribution is -2.18. The van der Waals surface area contributed by atoms with Gasteiger partial charge >= 0.3 is 0 Å². The highest BCUT2D eigenvalue weighted by atomic mass is 79.9. The number of halogens is 2. The summed E-state index contributed by atoms with van der Waals surface area (Å²) in [7, 11) is 1.70. The molecule has 0 saturated carbocycles. The molecule has 0 spiro atoms. The Morgan fingerprint density at radius 2 is 2.15 bits per heavy atom. The van der Waals surface area contributed by atoms with Gasteiger partial charge in [0.25, 0.3) is 0 Å². The van der Waals surface area contributed by atoms with Crippen LogP contribution in [0.4, 0.5) is 0 Å². The summed E-state index contributed by atoms with van der Waals surface area (Å²) in [6, 6.07) is 4.23. The van der Waals surface area contributed by atoms with E-state index in [1.807, 2.05) is 6.07 Å². The Kier molecular flexibility index (Phi) is 6.09. The van der Waals surface area contributed by atoms with Crippen LogP contribution >= 0.6 is 27.5 Å². The molecular formula is C16H20BrClO2. The summed E-state index contributed by atoms with van der Waals surface area (Å²) in [5, 5.41) is 0.777. The van der Waals surface area contributed by atoms with Crippen LogP contribution in [0.5, 0.6) is 0 Å². The maximum Gasteiger partial charge on any atom is 0.0704 e. The molecule has 0 bridgehead atoms. The van der Waals surface area contributed by atoms with Crippen molar-refractivity contribution < 1.29 is 9.47 Å². The zero-order valence-electron chi connectivity index (χ0n) is 11.9. The van der Waals surface area contributed by atoms with Gasteiger partial charge in [0.2, 0.25) is 0 Å². The molecule has 20 heavy (non-hydrogen) atoms. The predicted octanol–water partition coefficient (Wildman–Crippen LogP) is 5.01. The zero-order valence-corrected chi connectivity index (χ0v) is 14.3. The van der Waals surface area contributed by atoms with Crippen molar-refractivity contribution >= 4 is 33.1 Å². The maximum absolute atomic E-state index is 6.24. The third-order valence-corrected chi connectivity index (χ3v) is 5.16. The fourth-order valence-corrected chi connectivity index (χ4v) is 2.93. The molecule has 110 valence electrons. The Hall–Kier alpha value is -0.350. The van der Waals surface area contributed by atoms with E-state index in [1.165, 1.54) is 16.7 Å². The molecule has 0 amide bonds. The smallest absolute Gasteiger partial charge is 0.0704 e. The van der Waals surface area contributed by atoms with Crippen molar-refractivity contribution in [1.29, 1.82) is 0 Å². The van der Waals surface area contributed by atoms with E-state index >= 15 is 0 Å². The average Bonchev–Trinajstić information content (AvgIpc) is 2.45. The lowest BCUT2D eigenvalue weighted by atomic mass is 9.91. The van der Waals surface area contributed by atoms with Gasteiger partial charge in [-0.2, -0.15) is 0 Å². The Labute approximate surface area is 134 Å². The van der Waals surface area contributed by atoms with Crippen LogP contribution in [0, 0.1) is 6.92 Å². The Morgan fingerprint density at radius 1 is 1.35 bits per heavy atom. The molecule has 4 heteroatoms. The van der Waals surface area contributed by atoms with Gasteiger partial charge in [0.1, 0.15) is 0 Å². The highest BCUT2D eigenvalue weighted by Gasteiger charge is 2.16. The van der Waals surface area contributed by atoms with Gasteiger partial charge in [-0.15, -0.1) is 0 Å². The first-order chi connectivity index (χ1) is 9.61. The van der Waals surface area contributed by atoms with E-state index < -0.39 is 0 Å². The highest BCUT2D eigenvalue weighted by Crippen LogP contribution is 2.34. The van der Waals surface area contributed by atoms with Crippen molar-refractivity contribution in [3.8, 4) is 0 Å². The standard InChI is InChI=1S/C16H20BrClO2/c1-11-9-13(10-15(18)16(11)17)12-3-5-14(6-4-12)20-8-7-19-2/h3,9-10,14H,4-8H2,1-2H3. The van der Waals surface area contributed by atoms with Crippen molar-refractivity contribution in [2.24, 2.45) is 0 Å². The molecule has 0 aromatic heterocycles. The molecule has 0 N–H and O–H groups in total. The van der Waals surface area contributed by atoms with Gasteiger partial charge in [-0.25, -0.2) is 0 Å². The summed E-state index contributed by atoms with van der Waals surface area (Å²) >= 11 is 9.74. The van der Waals surface area contributed by atoms with Crippen LogP contribution in [0.15, 0.2) is 22.7 Å². The average molecular weight is 360 g/mol. The number of methoxy groups -OCH3 is 1. The summed E-state index contributed by atoms with van der Waals surface area (Å²) < 4.78 is 11.8. The van der Waals surface area contributed by atoms with E-state index in [0.717, 1.165) is 28.8 Å². The van der Waals surface area contributed by atoms with E-state index in [4.69, 9.17) is 21.1 Å². The molecule has 1 aromatic carbocycles. The second kappa shape index (κ2) is 7.60. The first kappa shape index (κ1) is 16.0. The second-order valence-electron chi connectivity index (χ2n) is 5.08. The predicted molar refractivity (Wildman–Crippen MR) is 87.3 cm³/mol. The van der Waals surface area contributed by atoms with Gasteiger partial charge < -0.3 is 9.47 Å². The van der Waals surface area contributed by atoms with Crippen molar-refractivity contribution in [3.63, 3.8) is 0 Å². The van der Waals surface area contributed by atoms with E-state index in [-0.39, 0.29) is 0 Å². The Bertz CT molecular complexity index is 476. The van der Waals surface area contributed by atoms with Gasteiger partial charge in [-0.3, -0.25) is 0 Å². The molecule has 2 nitrogen and oxygen atoms in total. The minimum atomic E-state index is 0.320. The van der Waals surface area contributed by atoms with E-state index in [9.17, 15) is 0 Å². The fraction of sp³-hybridized carbons (Fsp3) is 0.500. The molecule has 0 saturated heterocycles. The van der Waals surface area contributed by atoms with E-state index in [0.29, 0.717) is 19.3 Å². The lowest BCUT2D eigenvalue weighted by Gasteiger charge is -2.23. The van der Waals surface area contributed by atoms with Gasteiger partial charge in [0.05, 0.1) is 24.3 Å². The normalized spacial score (nSPS) is 19.0. The van der Waals surface area contributed by atoms with Crippen molar-refractivity contribution in [3.05, 3.63) is 38.8 Å². The molecule has 0 radical (unpaired) electrons. The minimum Gasteiger partial charge on any atom is -0.382 e. The van der Waals surface area contributed by atoms with Crippen LogP contribution in [0.3, 0.4) is 0 Å². The van der Waals surface area contributed by atoms with Crippen molar-refractivity contribution in [1.82, 2.24) is 0 Å². The largest absolute Gasteiger partial charge is 0.382 e. The van der Waals surface area contributed by atoms with Crippen LogP contribution in [-0.2, 0) is 9.47 Å². The number of allylic oxidation sites excluding steroid dienone is 1. The lowest BCUT2D eigenvalue weighted by molar-refractivity contribution is 0.0141. The van der Waals surface area contributed by atoms with Crippen LogP contribution in [-0.4, -0.2) is 26.4 Å². The SMILES string of the molecule is COCCOC1CC=C(c2cc(C)c(Br)c(Cl)c2)CC1. The highest BCUT2D eigenvalue weighted by molar-refractivity contribution is 9.10. The number of hydrogen-bond donors (Lipinski definition) is 0. The van der Waals surface area contributed by atoms with Crippen molar-refractivity contribution in [2.45, 2.75) is 32.3 Å². The third kappa shape index (κ3) is 4.08. The first-order valence-corrected chi connectivity index (χ1v) is 8.04. The monoisotopic (exact) mass is 358 g/mol. The molecule has 1 aromatic rings. The molecule has 1 aliphatic rings. The Balaban J connectivity index is 2.01.